The molecule has 0 aliphatic carbocycles. The fraction of sp³-hybridized carbons (Fsp3) is 0.923. The van der Waals surface area contributed by atoms with E-state index in [0.717, 1.165) is 32.6 Å². The van der Waals surface area contributed by atoms with Crippen molar-refractivity contribution in [3.63, 3.8) is 0 Å². The van der Waals surface area contributed by atoms with E-state index in [1.807, 2.05) is 0 Å². The number of nitrogens with zero attached hydrogens (tertiary/aromatic N) is 1. The zero-order valence-electron chi connectivity index (χ0n) is 11.7. The van der Waals surface area contributed by atoms with Crippen molar-refractivity contribution in [1.82, 2.24) is 15.5 Å². The van der Waals surface area contributed by atoms with Crippen LogP contribution in [0.15, 0.2) is 0 Å². The molecule has 0 aromatic rings. The van der Waals surface area contributed by atoms with Gasteiger partial charge in [0, 0.05) is 26.7 Å². The van der Waals surface area contributed by atoms with Gasteiger partial charge in [0.2, 0.25) is 5.91 Å². The van der Waals surface area contributed by atoms with Crippen LogP contribution in [0, 0.1) is 5.41 Å². The first kappa shape index (κ1) is 16.7. The molecule has 2 N–H and O–H groups in total. The predicted octanol–water partition coefficient (Wildman–Crippen LogP) is 0.246. The van der Waals surface area contributed by atoms with Crippen LogP contribution in [0.1, 0.15) is 19.3 Å². The summed E-state index contributed by atoms with van der Waals surface area (Å²) in [4.78, 5) is 14.7. The molecular weight excluding hydrogens is 266 g/mol. The van der Waals surface area contributed by atoms with Crippen molar-refractivity contribution in [2.24, 2.45) is 5.41 Å². The third kappa shape index (κ3) is 4.31. The highest BCUT2D eigenvalue weighted by atomic mass is 35.5. The Morgan fingerprint density at radius 1 is 1.42 bits per heavy atom. The SMILES string of the molecule is COCC1(C(=O)NCCN2CCCC2)CCNC1.Cl. The Hall–Kier alpha value is -0.360. The second kappa shape index (κ2) is 8.04. The molecule has 0 spiro atoms. The van der Waals surface area contributed by atoms with Crippen LogP contribution in [0.2, 0.25) is 0 Å². The van der Waals surface area contributed by atoms with E-state index in [9.17, 15) is 4.79 Å². The molecule has 2 aliphatic rings. The van der Waals surface area contributed by atoms with E-state index in [1.54, 1.807) is 7.11 Å². The molecule has 112 valence electrons. The number of halogens is 1. The minimum absolute atomic E-state index is 0. The number of carbonyl (C=O) groups is 1. The average molecular weight is 292 g/mol. The van der Waals surface area contributed by atoms with Crippen molar-refractivity contribution in [2.45, 2.75) is 19.3 Å². The van der Waals surface area contributed by atoms with Crippen LogP contribution in [-0.4, -0.2) is 63.8 Å². The van der Waals surface area contributed by atoms with Gasteiger partial charge in [-0.05, 0) is 38.9 Å². The standard InChI is InChI=1S/C13H25N3O2.ClH/c1-18-11-13(4-5-14-10-13)12(17)15-6-9-16-7-2-3-8-16;/h14H,2-11H2,1H3,(H,15,17);1H. The molecule has 1 unspecified atom stereocenters. The van der Waals surface area contributed by atoms with Crippen molar-refractivity contribution >= 4 is 18.3 Å². The number of hydrogen-bond donors (Lipinski definition) is 2. The maximum atomic E-state index is 12.3. The zero-order chi connectivity index (χ0) is 12.8. The van der Waals surface area contributed by atoms with Crippen LogP contribution in [0.25, 0.3) is 0 Å². The summed E-state index contributed by atoms with van der Waals surface area (Å²) < 4.78 is 5.22. The van der Waals surface area contributed by atoms with Gasteiger partial charge in [0.05, 0.1) is 12.0 Å². The Morgan fingerprint density at radius 2 is 2.16 bits per heavy atom. The van der Waals surface area contributed by atoms with Gasteiger partial charge in [-0.15, -0.1) is 12.4 Å². The summed E-state index contributed by atoms with van der Waals surface area (Å²) in [6.07, 6.45) is 3.47. The first-order valence-electron chi connectivity index (χ1n) is 6.97. The lowest BCUT2D eigenvalue weighted by Crippen LogP contribution is -2.47. The van der Waals surface area contributed by atoms with Gasteiger partial charge in [0.15, 0.2) is 0 Å². The number of hydrogen-bond acceptors (Lipinski definition) is 4. The molecule has 0 radical (unpaired) electrons. The maximum Gasteiger partial charge on any atom is 0.229 e. The molecule has 0 aromatic heterocycles. The summed E-state index contributed by atoms with van der Waals surface area (Å²) in [6, 6.07) is 0. The molecular formula is C13H26ClN3O2. The van der Waals surface area contributed by atoms with Gasteiger partial charge in [-0.2, -0.15) is 0 Å². The Balaban J connectivity index is 0.00000180. The first-order chi connectivity index (χ1) is 8.77. The van der Waals surface area contributed by atoms with E-state index in [4.69, 9.17) is 4.74 Å². The maximum absolute atomic E-state index is 12.3. The van der Waals surface area contributed by atoms with E-state index in [-0.39, 0.29) is 23.7 Å². The van der Waals surface area contributed by atoms with Crippen molar-refractivity contribution < 1.29 is 9.53 Å². The Morgan fingerprint density at radius 3 is 2.74 bits per heavy atom. The lowest BCUT2D eigenvalue weighted by molar-refractivity contribution is -0.132. The third-order valence-electron chi connectivity index (χ3n) is 4.06. The van der Waals surface area contributed by atoms with Gasteiger partial charge >= 0.3 is 0 Å². The Bertz CT molecular complexity index is 277. The summed E-state index contributed by atoms with van der Waals surface area (Å²) in [6.45, 7) is 6.24. The molecule has 1 amide bonds. The molecule has 1 atom stereocenters. The topological polar surface area (TPSA) is 53.6 Å². The first-order valence-corrected chi connectivity index (χ1v) is 6.97. The highest BCUT2D eigenvalue weighted by Gasteiger charge is 2.41. The van der Waals surface area contributed by atoms with E-state index in [1.165, 1.54) is 25.9 Å². The van der Waals surface area contributed by atoms with Crippen LogP contribution >= 0.6 is 12.4 Å². The number of amides is 1. The van der Waals surface area contributed by atoms with Gasteiger partial charge in [0.25, 0.3) is 0 Å². The molecule has 19 heavy (non-hydrogen) atoms. The molecule has 0 saturated carbocycles. The summed E-state index contributed by atoms with van der Waals surface area (Å²) in [5, 5.41) is 6.34. The average Bonchev–Trinajstić information content (AvgIpc) is 3.01. The summed E-state index contributed by atoms with van der Waals surface area (Å²) in [7, 11) is 1.66. The monoisotopic (exact) mass is 291 g/mol. The van der Waals surface area contributed by atoms with E-state index < -0.39 is 0 Å². The molecule has 2 fully saturated rings. The molecule has 0 bridgehead atoms. The van der Waals surface area contributed by atoms with Crippen LogP contribution in [0.5, 0.6) is 0 Å². The molecule has 2 heterocycles. The van der Waals surface area contributed by atoms with Crippen molar-refractivity contribution in [3.05, 3.63) is 0 Å². The van der Waals surface area contributed by atoms with Crippen LogP contribution in [0.4, 0.5) is 0 Å². The molecule has 6 heteroatoms. The number of ether oxygens (including phenoxy) is 1. The molecule has 2 saturated heterocycles. The predicted molar refractivity (Wildman–Crippen MR) is 77.7 cm³/mol. The largest absolute Gasteiger partial charge is 0.384 e. The van der Waals surface area contributed by atoms with E-state index in [2.05, 4.69) is 15.5 Å². The minimum Gasteiger partial charge on any atom is -0.384 e. The second-order valence-electron chi connectivity index (χ2n) is 5.44. The number of rotatable bonds is 6. The molecule has 2 rings (SSSR count). The fourth-order valence-electron chi connectivity index (χ4n) is 2.92. The lowest BCUT2D eigenvalue weighted by atomic mass is 9.87. The van der Waals surface area contributed by atoms with Crippen LogP contribution in [0.3, 0.4) is 0 Å². The quantitative estimate of drug-likeness (QED) is 0.736. The smallest absolute Gasteiger partial charge is 0.229 e. The number of nitrogens with one attached hydrogen (secondary N) is 2. The molecule has 5 nitrogen and oxygen atoms in total. The molecule has 0 aromatic carbocycles. The Labute approximate surface area is 121 Å². The van der Waals surface area contributed by atoms with Crippen molar-refractivity contribution in [3.8, 4) is 0 Å². The van der Waals surface area contributed by atoms with Crippen molar-refractivity contribution in [2.75, 3.05) is 53.0 Å². The van der Waals surface area contributed by atoms with Crippen LogP contribution in [-0.2, 0) is 9.53 Å². The highest BCUT2D eigenvalue weighted by molar-refractivity contribution is 5.85. The van der Waals surface area contributed by atoms with Crippen molar-refractivity contribution in [1.29, 1.82) is 0 Å². The molecule has 2 aliphatic heterocycles. The van der Waals surface area contributed by atoms with Gasteiger partial charge in [-0.25, -0.2) is 0 Å². The normalized spacial score (nSPS) is 27.2. The van der Waals surface area contributed by atoms with Crippen LogP contribution < -0.4 is 10.6 Å². The number of methoxy groups -OCH3 is 1. The third-order valence-corrected chi connectivity index (χ3v) is 4.06. The highest BCUT2D eigenvalue weighted by Crippen LogP contribution is 2.25. The number of carbonyl (C=O) groups excluding carboxylic acids is 1. The summed E-state index contributed by atoms with van der Waals surface area (Å²) in [5.74, 6) is 0.147. The summed E-state index contributed by atoms with van der Waals surface area (Å²) in [5.41, 5.74) is -0.347. The second-order valence-corrected chi connectivity index (χ2v) is 5.44. The lowest BCUT2D eigenvalue weighted by Gasteiger charge is -2.26. The summed E-state index contributed by atoms with van der Waals surface area (Å²) >= 11 is 0. The fourth-order valence-corrected chi connectivity index (χ4v) is 2.92. The van der Waals surface area contributed by atoms with Gasteiger partial charge in [-0.3, -0.25) is 4.79 Å². The van der Waals surface area contributed by atoms with Gasteiger partial charge < -0.3 is 20.3 Å². The van der Waals surface area contributed by atoms with Gasteiger partial charge in [0.1, 0.15) is 0 Å². The van der Waals surface area contributed by atoms with Gasteiger partial charge in [-0.1, -0.05) is 0 Å². The minimum atomic E-state index is -0.347. The number of likely N-dealkylation sites (tertiary alicyclic amines) is 1. The van der Waals surface area contributed by atoms with E-state index >= 15 is 0 Å². The van der Waals surface area contributed by atoms with E-state index in [0.29, 0.717) is 6.61 Å². The Kier molecular flexibility index (Phi) is 7.07. The zero-order valence-corrected chi connectivity index (χ0v) is 12.6.